The van der Waals surface area contributed by atoms with Crippen molar-refractivity contribution in [3.8, 4) is 11.3 Å². The Morgan fingerprint density at radius 2 is 1.96 bits per heavy atom. The van der Waals surface area contributed by atoms with E-state index in [-0.39, 0.29) is 5.78 Å². The average Bonchev–Trinajstić information content (AvgIpc) is 3.06. The number of nitrogens with one attached hydrogen (secondary N) is 1. The van der Waals surface area contributed by atoms with Crippen LogP contribution in [-0.4, -0.2) is 41.3 Å². The largest absolute Gasteiger partial charge is 0.332 e. The Kier molecular flexibility index (Phi) is 6.32. The molecule has 1 aromatic carbocycles. The van der Waals surface area contributed by atoms with Gasteiger partial charge in [-0.2, -0.15) is 0 Å². The van der Waals surface area contributed by atoms with Gasteiger partial charge in [0.05, 0.1) is 5.69 Å². The van der Waals surface area contributed by atoms with E-state index >= 15 is 0 Å². The van der Waals surface area contributed by atoms with Gasteiger partial charge in [-0.25, -0.2) is 4.98 Å². The van der Waals surface area contributed by atoms with Crippen LogP contribution >= 0.6 is 11.3 Å². The molecule has 140 valence electrons. The lowest BCUT2D eigenvalue weighted by atomic mass is 10.1. The van der Waals surface area contributed by atoms with Crippen LogP contribution < -0.4 is 5.32 Å². The normalized spacial score (nSPS) is 11.0. The Morgan fingerprint density at radius 3 is 2.67 bits per heavy atom. The van der Waals surface area contributed by atoms with Gasteiger partial charge in [0, 0.05) is 30.1 Å². The molecule has 0 aliphatic rings. The summed E-state index contributed by atoms with van der Waals surface area (Å²) >= 11 is 1.42. The fourth-order valence-electron chi connectivity index (χ4n) is 2.78. The molecule has 0 aliphatic carbocycles. The van der Waals surface area contributed by atoms with Gasteiger partial charge in [0.15, 0.2) is 10.9 Å². The summed E-state index contributed by atoms with van der Waals surface area (Å²) in [5, 5.41) is 4.06. The van der Waals surface area contributed by atoms with Crippen LogP contribution in [0.4, 0.5) is 10.8 Å². The van der Waals surface area contributed by atoms with Crippen molar-refractivity contribution in [1.82, 2.24) is 14.9 Å². The highest BCUT2D eigenvalue weighted by molar-refractivity contribution is 7.18. The topological polar surface area (TPSA) is 58.1 Å². The van der Waals surface area contributed by atoms with Crippen molar-refractivity contribution in [2.24, 2.45) is 0 Å². The lowest BCUT2D eigenvalue weighted by molar-refractivity contribution is 0.0981. The van der Waals surface area contributed by atoms with Crippen LogP contribution in [0.2, 0.25) is 0 Å². The van der Waals surface area contributed by atoms with E-state index in [0.717, 1.165) is 35.0 Å². The molecule has 2 heterocycles. The Hall–Kier alpha value is -2.57. The summed E-state index contributed by atoms with van der Waals surface area (Å²) in [5.41, 5.74) is 3.78. The zero-order chi connectivity index (χ0) is 19.2. The molecule has 0 spiro atoms. The number of aromatic nitrogens is 2. The first-order valence-electron chi connectivity index (χ1n) is 8.96. The van der Waals surface area contributed by atoms with E-state index in [9.17, 15) is 4.79 Å². The molecular weight excluding hydrogens is 356 g/mol. The SMILES string of the molecule is Cc1cccc(Nc2nc(-c3ccncc3)c(C(=O)CCCN(C)C)s2)c1. The first-order valence-corrected chi connectivity index (χ1v) is 9.77. The van der Waals surface area contributed by atoms with E-state index < -0.39 is 0 Å². The number of nitrogens with zero attached hydrogens (tertiary/aromatic N) is 3. The number of carbonyl (C=O) groups excluding carboxylic acids is 1. The zero-order valence-corrected chi connectivity index (χ0v) is 16.7. The van der Waals surface area contributed by atoms with Gasteiger partial charge in [0.1, 0.15) is 4.88 Å². The van der Waals surface area contributed by atoms with Crippen molar-refractivity contribution in [2.75, 3.05) is 26.0 Å². The molecule has 27 heavy (non-hydrogen) atoms. The highest BCUT2D eigenvalue weighted by Crippen LogP contribution is 2.33. The van der Waals surface area contributed by atoms with Crippen LogP contribution in [0.3, 0.4) is 0 Å². The van der Waals surface area contributed by atoms with Crippen molar-refractivity contribution in [3.05, 3.63) is 59.2 Å². The van der Waals surface area contributed by atoms with Crippen LogP contribution in [0, 0.1) is 6.92 Å². The van der Waals surface area contributed by atoms with E-state index in [1.807, 2.05) is 38.4 Å². The Balaban J connectivity index is 1.88. The van der Waals surface area contributed by atoms with Crippen molar-refractivity contribution < 1.29 is 4.79 Å². The molecule has 5 nitrogen and oxygen atoms in total. The zero-order valence-electron chi connectivity index (χ0n) is 15.9. The lowest BCUT2D eigenvalue weighted by Crippen LogP contribution is -2.14. The van der Waals surface area contributed by atoms with Gasteiger partial charge in [-0.05, 0) is 63.8 Å². The van der Waals surface area contributed by atoms with Gasteiger partial charge >= 0.3 is 0 Å². The van der Waals surface area contributed by atoms with E-state index in [4.69, 9.17) is 4.98 Å². The van der Waals surface area contributed by atoms with Gasteiger partial charge in [0.2, 0.25) is 0 Å². The molecule has 3 aromatic rings. The summed E-state index contributed by atoms with van der Waals surface area (Å²) in [6.45, 7) is 2.94. The average molecular weight is 381 g/mol. The second-order valence-electron chi connectivity index (χ2n) is 6.76. The third kappa shape index (κ3) is 5.21. The van der Waals surface area contributed by atoms with Gasteiger partial charge in [-0.1, -0.05) is 23.5 Å². The van der Waals surface area contributed by atoms with Crippen LogP contribution in [0.15, 0.2) is 48.8 Å². The van der Waals surface area contributed by atoms with Crippen molar-refractivity contribution >= 4 is 27.9 Å². The number of carbonyl (C=O) groups is 1. The maximum Gasteiger partial charge on any atom is 0.188 e. The third-order valence-corrected chi connectivity index (χ3v) is 5.12. The smallest absolute Gasteiger partial charge is 0.188 e. The quantitative estimate of drug-likeness (QED) is 0.570. The van der Waals surface area contributed by atoms with E-state index in [2.05, 4.69) is 34.3 Å². The van der Waals surface area contributed by atoms with Gasteiger partial charge in [-0.15, -0.1) is 0 Å². The summed E-state index contributed by atoms with van der Waals surface area (Å²) in [5.74, 6) is 0.137. The Labute approximate surface area is 164 Å². The molecule has 0 atom stereocenters. The van der Waals surface area contributed by atoms with Gasteiger partial charge in [0.25, 0.3) is 0 Å². The molecule has 3 rings (SSSR count). The predicted octanol–water partition coefficient (Wildman–Crippen LogP) is 4.78. The number of benzene rings is 1. The second kappa shape index (κ2) is 8.88. The summed E-state index contributed by atoms with van der Waals surface area (Å²) in [7, 11) is 4.03. The van der Waals surface area contributed by atoms with Crippen molar-refractivity contribution in [2.45, 2.75) is 19.8 Å². The summed E-state index contributed by atoms with van der Waals surface area (Å²) in [4.78, 5) is 24.4. The highest BCUT2D eigenvalue weighted by atomic mass is 32.1. The van der Waals surface area contributed by atoms with Crippen LogP contribution in [0.5, 0.6) is 0 Å². The summed E-state index contributed by atoms with van der Waals surface area (Å²) in [6.07, 6.45) is 4.80. The number of anilines is 2. The first-order chi connectivity index (χ1) is 13.0. The molecule has 0 aliphatic heterocycles. The van der Waals surface area contributed by atoms with Crippen LogP contribution in [0.25, 0.3) is 11.3 Å². The van der Waals surface area contributed by atoms with Crippen LogP contribution in [-0.2, 0) is 0 Å². The minimum atomic E-state index is 0.137. The number of hydrogen-bond donors (Lipinski definition) is 1. The van der Waals surface area contributed by atoms with E-state index in [1.165, 1.54) is 16.9 Å². The number of pyridine rings is 1. The second-order valence-corrected chi connectivity index (χ2v) is 7.76. The fourth-order valence-corrected chi connectivity index (χ4v) is 3.76. The molecule has 0 radical (unpaired) electrons. The van der Waals surface area contributed by atoms with E-state index in [0.29, 0.717) is 11.3 Å². The molecule has 6 heteroatoms. The number of Topliss-reactive ketones (excluding diaryl/α,β-unsaturated/α-hetero) is 1. The summed E-state index contributed by atoms with van der Waals surface area (Å²) in [6, 6.07) is 11.9. The minimum absolute atomic E-state index is 0.137. The molecule has 2 aromatic heterocycles. The van der Waals surface area contributed by atoms with Crippen LogP contribution in [0.1, 0.15) is 28.1 Å². The number of hydrogen-bond acceptors (Lipinski definition) is 6. The fraction of sp³-hybridized carbons (Fsp3) is 0.286. The molecule has 1 N–H and O–H groups in total. The van der Waals surface area contributed by atoms with Gasteiger partial charge < -0.3 is 10.2 Å². The highest BCUT2D eigenvalue weighted by Gasteiger charge is 2.19. The Morgan fingerprint density at radius 1 is 1.19 bits per heavy atom. The molecule has 0 amide bonds. The van der Waals surface area contributed by atoms with Gasteiger partial charge in [-0.3, -0.25) is 9.78 Å². The number of rotatable bonds is 8. The lowest BCUT2D eigenvalue weighted by Gasteiger charge is -2.08. The molecule has 0 saturated heterocycles. The first kappa shape index (κ1) is 19.2. The molecule has 0 fully saturated rings. The maximum atomic E-state index is 12.8. The number of thiazole rings is 1. The molecular formula is C21H24N4OS. The minimum Gasteiger partial charge on any atom is -0.332 e. The standard InChI is InChI=1S/C21H24N4OS/c1-15-6-4-7-17(14-15)23-21-24-19(16-9-11-22-12-10-16)20(27-21)18(26)8-5-13-25(2)3/h4,6-7,9-12,14H,5,8,13H2,1-3H3,(H,23,24). The number of aryl methyl sites for hydroxylation is 1. The number of ketones is 1. The summed E-state index contributed by atoms with van der Waals surface area (Å²) < 4.78 is 0. The molecule has 0 saturated carbocycles. The third-order valence-electron chi connectivity index (χ3n) is 4.11. The predicted molar refractivity (Wildman–Crippen MR) is 112 cm³/mol. The maximum absolute atomic E-state index is 12.8. The van der Waals surface area contributed by atoms with Crippen molar-refractivity contribution in [3.63, 3.8) is 0 Å². The van der Waals surface area contributed by atoms with Crippen molar-refractivity contribution in [1.29, 1.82) is 0 Å². The molecule has 0 bridgehead atoms. The Bertz CT molecular complexity index is 906. The molecule has 0 unspecified atom stereocenters. The monoisotopic (exact) mass is 380 g/mol. The van der Waals surface area contributed by atoms with E-state index in [1.54, 1.807) is 12.4 Å².